The summed E-state index contributed by atoms with van der Waals surface area (Å²) in [5.74, 6) is -0.741. The summed E-state index contributed by atoms with van der Waals surface area (Å²) in [6, 6.07) is 3.28. The second-order valence-electron chi connectivity index (χ2n) is 4.04. The Hall–Kier alpha value is -2.11. The summed E-state index contributed by atoms with van der Waals surface area (Å²) in [4.78, 5) is 27.6. The number of nitrogens with one attached hydrogen (secondary N) is 1. The fraction of sp³-hybridized carbons (Fsp3) is 0.364. The van der Waals surface area contributed by atoms with Gasteiger partial charge in [0, 0.05) is 25.2 Å². The SMILES string of the molecule is O=C(O)CC1CN(C(=O)Nc2cccnc2)C1. The van der Waals surface area contributed by atoms with Crippen LogP contribution in [0.2, 0.25) is 0 Å². The fourth-order valence-corrected chi connectivity index (χ4v) is 1.75. The van der Waals surface area contributed by atoms with Crippen LogP contribution in [0.3, 0.4) is 0 Å². The standard InChI is InChI=1S/C11H13N3O3/c15-10(16)4-8-6-14(7-8)11(17)13-9-2-1-3-12-5-9/h1-3,5,8H,4,6-7H2,(H,13,17)(H,15,16). The molecule has 2 heterocycles. The number of likely N-dealkylation sites (tertiary alicyclic amines) is 1. The molecule has 2 amide bonds. The van der Waals surface area contributed by atoms with Crippen molar-refractivity contribution in [1.29, 1.82) is 0 Å². The molecule has 1 fully saturated rings. The van der Waals surface area contributed by atoms with Crippen LogP contribution in [0.4, 0.5) is 10.5 Å². The predicted octanol–water partition coefficient (Wildman–Crippen LogP) is 1.02. The first-order valence-corrected chi connectivity index (χ1v) is 5.33. The summed E-state index contributed by atoms with van der Waals surface area (Å²) in [6.07, 6.45) is 3.31. The number of pyridine rings is 1. The van der Waals surface area contributed by atoms with Crippen LogP contribution in [0, 0.1) is 5.92 Å². The molecule has 0 unspecified atom stereocenters. The van der Waals surface area contributed by atoms with Crippen molar-refractivity contribution in [3.05, 3.63) is 24.5 Å². The van der Waals surface area contributed by atoms with Crippen LogP contribution in [0.25, 0.3) is 0 Å². The molecule has 1 aromatic heterocycles. The van der Waals surface area contributed by atoms with Gasteiger partial charge in [0.1, 0.15) is 0 Å². The first-order valence-electron chi connectivity index (χ1n) is 5.33. The number of carboxylic acids is 1. The van der Waals surface area contributed by atoms with Crippen molar-refractivity contribution in [2.75, 3.05) is 18.4 Å². The zero-order chi connectivity index (χ0) is 12.3. The van der Waals surface area contributed by atoms with Crippen LogP contribution < -0.4 is 5.32 Å². The third-order valence-corrected chi connectivity index (χ3v) is 2.62. The number of carbonyl (C=O) groups is 2. The molecule has 1 saturated heterocycles. The highest BCUT2D eigenvalue weighted by atomic mass is 16.4. The van der Waals surface area contributed by atoms with E-state index in [0.29, 0.717) is 18.8 Å². The Balaban J connectivity index is 1.78. The minimum Gasteiger partial charge on any atom is -0.481 e. The summed E-state index contributed by atoms with van der Waals surface area (Å²) in [6.45, 7) is 0.997. The van der Waals surface area contributed by atoms with Crippen LogP contribution in [-0.4, -0.2) is 40.1 Å². The Morgan fingerprint density at radius 3 is 2.88 bits per heavy atom. The van der Waals surface area contributed by atoms with E-state index in [2.05, 4.69) is 10.3 Å². The molecule has 0 aliphatic carbocycles. The number of aromatic nitrogens is 1. The van der Waals surface area contributed by atoms with Gasteiger partial charge in [-0.05, 0) is 12.1 Å². The predicted molar refractivity (Wildman–Crippen MR) is 60.6 cm³/mol. The lowest BCUT2D eigenvalue weighted by atomic mass is 9.97. The third kappa shape index (κ3) is 2.93. The molecule has 2 rings (SSSR count). The van der Waals surface area contributed by atoms with E-state index < -0.39 is 5.97 Å². The Kier molecular flexibility index (Phi) is 3.22. The van der Waals surface area contributed by atoms with E-state index >= 15 is 0 Å². The number of carboxylic acid groups (broad SMARTS) is 1. The number of anilines is 1. The third-order valence-electron chi connectivity index (χ3n) is 2.62. The number of urea groups is 1. The van der Waals surface area contributed by atoms with Gasteiger partial charge in [-0.3, -0.25) is 9.78 Å². The van der Waals surface area contributed by atoms with Crippen molar-refractivity contribution >= 4 is 17.7 Å². The van der Waals surface area contributed by atoms with E-state index in [-0.39, 0.29) is 18.4 Å². The van der Waals surface area contributed by atoms with Gasteiger partial charge in [0.2, 0.25) is 0 Å². The Morgan fingerprint density at radius 2 is 2.29 bits per heavy atom. The summed E-state index contributed by atoms with van der Waals surface area (Å²) in [7, 11) is 0. The first kappa shape index (κ1) is 11.4. The second-order valence-corrected chi connectivity index (χ2v) is 4.04. The van der Waals surface area contributed by atoms with E-state index in [9.17, 15) is 9.59 Å². The summed E-state index contributed by atoms with van der Waals surface area (Å²) in [5, 5.41) is 11.3. The minimum atomic E-state index is -0.817. The lowest BCUT2D eigenvalue weighted by molar-refractivity contribution is -0.139. The molecule has 1 aliphatic heterocycles. The molecule has 1 aliphatic rings. The van der Waals surface area contributed by atoms with Gasteiger partial charge < -0.3 is 15.3 Å². The molecule has 6 heteroatoms. The van der Waals surface area contributed by atoms with Crippen molar-refractivity contribution in [1.82, 2.24) is 9.88 Å². The minimum absolute atomic E-state index is 0.0761. The van der Waals surface area contributed by atoms with E-state index in [0.717, 1.165) is 0 Å². The van der Waals surface area contributed by atoms with E-state index in [1.165, 1.54) is 0 Å². The molecular formula is C11H13N3O3. The molecule has 2 N–H and O–H groups in total. The van der Waals surface area contributed by atoms with Crippen LogP contribution in [0.15, 0.2) is 24.5 Å². The molecule has 0 bridgehead atoms. The Labute approximate surface area is 98.3 Å². The number of aliphatic carboxylic acids is 1. The maximum atomic E-state index is 11.7. The lowest BCUT2D eigenvalue weighted by Crippen LogP contribution is -2.52. The van der Waals surface area contributed by atoms with Crippen LogP contribution >= 0.6 is 0 Å². The average molecular weight is 235 g/mol. The van der Waals surface area contributed by atoms with Crippen molar-refractivity contribution in [3.63, 3.8) is 0 Å². The number of carbonyl (C=O) groups excluding carboxylic acids is 1. The molecule has 17 heavy (non-hydrogen) atoms. The van der Waals surface area contributed by atoms with Gasteiger partial charge in [-0.2, -0.15) is 0 Å². The molecule has 0 saturated carbocycles. The van der Waals surface area contributed by atoms with E-state index in [1.807, 2.05) is 0 Å². The molecular weight excluding hydrogens is 222 g/mol. The van der Waals surface area contributed by atoms with Gasteiger partial charge in [0.25, 0.3) is 0 Å². The maximum Gasteiger partial charge on any atom is 0.321 e. The average Bonchev–Trinajstić information content (AvgIpc) is 2.23. The fourth-order valence-electron chi connectivity index (χ4n) is 1.75. The van der Waals surface area contributed by atoms with Gasteiger partial charge in [-0.1, -0.05) is 0 Å². The smallest absolute Gasteiger partial charge is 0.321 e. The molecule has 0 atom stereocenters. The van der Waals surface area contributed by atoms with Crippen molar-refractivity contribution < 1.29 is 14.7 Å². The number of amides is 2. The molecule has 0 aromatic carbocycles. The summed E-state index contributed by atoms with van der Waals surface area (Å²) in [5.41, 5.74) is 0.638. The molecule has 6 nitrogen and oxygen atoms in total. The zero-order valence-corrected chi connectivity index (χ0v) is 9.17. The Bertz CT molecular complexity index is 415. The zero-order valence-electron chi connectivity index (χ0n) is 9.17. The van der Waals surface area contributed by atoms with Gasteiger partial charge in [0.05, 0.1) is 18.3 Å². The molecule has 0 radical (unpaired) electrons. The number of rotatable bonds is 3. The largest absolute Gasteiger partial charge is 0.481 e. The highest BCUT2D eigenvalue weighted by molar-refractivity contribution is 5.89. The lowest BCUT2D eigenvalue weighted by Gasteiger charge is -2.38. The quantitative estimate of drug-likeness (QED) is 0.819. The number of hydrogen-bond acceptors (Lipinski definition) is 3. The highest BCUT2D eigenvalue weighted by Gasteiger charge is 2.31. The van der Waals surface area contributed by atoms with E-state index in [4.69, 9.17) is 5.11 Å². The van der Waals surface area contributed by atoms with Crippen molar-refractivity contribution in [2.24, 2.45) is 5.92 Å². The summed E-state index contributed by atoms with van der Waals surface area (Å²) >= 11 is 0. The van der Waals surface area contributed by atoms with Gasteiger partial charge in [-0.15, -0.1) is 0 Å². The topological polar surface area (TPSA) is 82.5 Å². The number of nitrogens with zero attached hydrogens (tertiary/aromatic N) is 2. The molecule has 1 aromatic rings. The Morgan fingerprint density at radius 1 is 1.53 bits per heavy atom. The summed E-state index contributed by atoms with van der Waals surface area (Å²) < 4.78 is 0. The maximum absolute atomic E-state index is 11.7. The molecule has 90 valence electrons. The monoisotopic (exact) mass is 235 g/mol. The van der Waals surface area contributed by atoms with E-state index in [1.54, 1.807) is 29.4 Å². The van der Waals surface area contributed by atoms with Gasteiger partial charge in [-0.25, -0.2) is 4.79 Å². The van der Waals surface area contributed by atoms with Crippen LogP contribution in [-0.2, 0) is 4.79 Å². The van der Waals surface area contributed by atoms with Crippen molar-refractivity contribution in [2.45, 2.75) is 6.42 Å². The van der Waals surface area contributed by atoms with Gasteiger partial charge in [0.15, 0.2) is 0 Å². The van der Waals surface area contributed by atoms with Crippen LogP contribution in [0.1, 0.15) is 6.42 Å². The second kappa shape index (κ2) is 4.82. The first-order chi connectivity index (χ1) is 8.15. The highest BCUT2D eigenvalue weighted by Crippen LogP contribution is 2.20. The normalized spacial score (nSPS) is 15.2. The van der Waals surface area contributed by atoms with Gasteiger partial charge >= 0.3 is 12.0 Å². The number of hydrogen-bond donors (Lipinski definition) is 2. The van der Waals surface area contributed by atoms with Crippen LogP contribution in [0.5, 0.6) is 0 Å². The van der Waals surface area contributed by atoms with Crippen molar-refractivity contribution in [3.8, 4) is 0 Å². The molecule has 0 spiro atoms.